The van der Waals surface area contributed by atoms with E-state index in [-0.39, 0.29) is 12.0 Å². The molecule has 88 valence electrons. The third-order valence-electron chi connectivity index (χ3n) is 2.72. The van der Waals surface area contributed by atoms with Gasteiger partial charge in [0.2, 0.25) is 0 Å². The molecule has 0 spiro atoms. The molecule has 3 heteroatoms. The molecular formula is C13H19NO2. The normalized spacial score (nSPS) is 11.4. The molecule has 0 saturated carbocycles. The molecule has 0 aromatic heterocycles. The molecule has 0 fully saturated rings. The van der Waals surface area contributed by atoms with Gasteiger partial charge in [-0.2, -0.15) is 0 Å². The maximum atomic E-state index is 10.4. The first-order valence-electron chi connectivity index (χ1n) is 5.42. The van der Waals surface area contributed by atoms with Crippen molar-refractivity contribution in [2.75, 3.05) is 13.1 Å². The summed E-state index contributed by atoms with van der Waals surface area (Å²) in [5, 5.41) is 11.5. The Kier molecular flexibility index (Phi) is 4.07. The maximum absolute atomic E-state index is 10.4. The van der Waals surface area contributed by atoms with Crippen molar-refractivity contribution in [3.63, 3.8) is 0 Å². The standard InChI is InChI=1S/C13H19NO2/c1-10-6-4-5-7-11(10)13(2,3)9-14-8-12(15)16/h4-7,14H,8-9H2,1-3H3,(H,15,16). The van der Waals surface area contributed by atoms with Crippen LogP contribution in [0.3, 0.4) is 0 Å². The summed E-state index contributed by atoms with van der Waals surface area (Å²) >= 11 is 0. The number of aryl methyl sites for hydroxylation is 1. The first kappa shape index (κ1) is 12.7. The number of carboxylic acid groups (broad SMARTS) is 1. The predicted octanol–water partition coefficient (Wildman–Crippen LogP) is 1.95. The fraction of sp³-hybridized carbons (Fsp3) is 0.462. The summed E-state index contributed by atoms with van der Waals surface area (Å²) in [6.45, 7) is 6.97. The summed E-state index contributed by atoms with van der Waals surface area (Å²) in [4.78, 5) is 10.4. The van der Waals surface area contributed by atoms with E-state index >= 15 is 0 Å². The zero-order valence-corrected chi connectivity index (χ0v) is 10.1. The number of rotatable bonds is 5. The molecule has 0 bridgehead atoms. The van der Waals surface area contributed by atoms with Crippen molar-refractivity contribution in [1.82, 2.24) is 5.32 Å². The molecular weight excluding hydrogens is 202 g/mol. The molecule has 0 radical (unpaired) electrons. The van der Waals surface area contributed by atoms with Crippen LogP contribution in [-0.4, -0.2) is 24.2 Å². The number of benzene rings is 1. The molecule has 1 aromatic rings. The molecule has 0 atom stereocenters. The Hall–Kier alpha value is -1.35. The van der Waals surface area contributed by atoms with Crippen LogP contribution in [0.25, 0.3) is 0 Å². The molecule has 1 aromatic carbocycles. The van der Waals surface area contributed by atoms with E-state index < -0.39 is 5.97 Å². The van der Waals surface area contributed by atoms with Crippen LogP contribution in [0.2, 0.25) is 0 Å². The van der Waals surface area contributed by atoms with Crippen LogP contribution < -0.4 is 5.32 Å². The third kappa shape index (κ3) is 3.35. The Morgan fingerprint density at radius 1 is 1.38 bits per heavy atom. The van der Waals surface area contributed by atoms with Crippen molar-refractivity contribution in [3.05, 3.63) is 35.4 Å². The monoisotopic (exact) mass is 221 g/mol. The van der Waals surface area contributed by atoms with Gasteiger partial charge in [0.25, 0.3) is 0 Å². The lowest BCUT2D eigenvalue weighted by Gasteiger charge is -2.27. The SMILES string of the molecule is Cc1ccccc1C(C)(C)CNCC(=O)O. The van der Waals surface area contributed by atoms with Gasteiger partial charge in [-0.25, -0.2) is 0 Å². The van der Waals surface area contributed by atoms with Gasteiger partial charge in [-0.15, -0.1) is 0 Å². The smallest absolute Gasteiger partial charge is 0.317 e. The van der Waals surface area contributed by atoms with Crippen molar-refractivity contribution in [1.29, 1.82) is 0 Å². The van der Waals surface area contributed by atoms with Gasteiger partial charge in [-0.3, -0.25) is 4.79 Å². The van der Waals surface area contributed by atoms with E-state index in [0.29, 0.717) is 6.54 Å². The van der Waals surface area contributed by atoms with Crippen LogP contribution in [-0.2, 0) is 10.2 Å². The van der Waals surface area contributed by atoms with Gasteiger partial charge in [0, 0.05) is 12.0 Å². The summed E-state index contributed by atoms with van der Waals surface area (Å²) < 4.78 is 0. The van der Waals surface area contributed by atoms with Gasteiger partial charge in [-0.1, -0.05) is 38.1 Å². The number of aliphatic carboxylic acids is 1. The fourth-order valence-corrected chi connectivity index (χ4v) is 1.91. The largest absolute Gasteiger partial charge is 0.480 e. The summed E-state index contributed by atoms with van der Waals surface area (Å²) in [6, 6.07) is 8.20. The van der Waals surface area contributed by atoms with Crippen molar-refractivity contribution in [2.24, 2.45) is 0 Å². The first-order valence-corrected chi connectivity index (χ1v) is 5.42. The lowest BCUT2D eigenvalue weighted by Crippen LogP contribution is -2.36. The molecule has 0 aliphatic carbocycles. The van der Waals surface area contributed by atoms with Gasteiger partial charge in [-0.05, 0) is 18.1 Å². The van der Waals surface area contributed by atoms with Crippen LogP contribution in [0.15, 0.2) is 24.3 Å². The lowest BCUT2D eigenvalue weighted by molar-refractivity contribution is -0.136. The van der Waals surface area contributed by atoms with E-state index in [9.17, 15) is 4.79 Å². The Morgan fingerprint density at radius 3 is 2.56 bits per heavy atom. The molecule has 0 amide bonds. The minimum atomic E-state index is -0.819. The lowest BCUT2D eigenvalue weighted by atomic mass is 9.82. The van der Waals surface area contributed by atoms with E-state index in [1.165, 1.54) is 11.1 Å². The summed E-state index contributed by atoms with van der Waals surface area (Å²) in [5.74, 6) is -0.819. The predicted molar refractivity (Wildman–Crippen MR) is 64.7 cm³/mol. The highest BCUT2D eigenvalue weighted by atomic mass is 16.4. The minimum Gasteiger partial charge on any atom is -0.480 e. The molecule has 16 heavy (non-hydrogen) atoms. The number of carboxylic acids is 1. The van der Waals surface area contributed by atoms with Crippen LogP contribution in [0.1, 0.15) is 25.0 Å². The van der Waals surface area contributed by atoms with E-state index in [1.54, 1.807) is 0 Å². The molecule has 1 rings (SSSR count). The molecule has 0 aliphatic heterocycles. The van der Waals surface area contributed by atoms with Gasteiger partial charge < -0.3 is 10.4 Å². The van der Waals surface area contributed by atoms with E-state index in [2.05, 4.69) is 38.2 Å². The Bertz CT molecular complexity index is 372. The molecule has 0 aliphatic rings. The second-order valence-corrected chi connectivity index (χ2v) is 4.70. The van der Waals surface area contributed by atoms with E-state index in [1.807, 2.05) is 12.1 Å². The zero-order chi connectivity index (χ0) is 12.2. The number of nitrogens with one attached hydrogen (secondary N) is 1. The molecule has 0 saturated heterocycles. The Morgan fingerprint density at radius 2 is 2.00 bits per heavy atom. The van der Waals surface area contributed by atoms with Gasteiger partial charge in [0.05, 0.1) is 6.54 Å². The minimum absolute atomic E-state index is 0.00924. The molecule has 0 unspecified atom stereocenters. The van der Waals surface area contributed by atoms with Crippen LogP contribution in [0, 0.1) is 6.92 Å². The highest BCUT2D eigenvalue weighted by Crippen LogP contribution is 2.25. The molecule has 3 nitrogen and oxygen atoms in total. The van der Waals surface area contributed by atoms with Crippen LogP contribution in [0.5, 0.6) is 0 Å². The van der Waals surface area contributed by atoms with Crippen molar-refractivity contribution >= 4 is 5.97 Å². The summed E-state index contributed by atoms with van der Waals surface area (Å²) in [5.41, 5.74) is 2.44. The average Bonchev–Trinajstić information content (AvgIpc) is 2.17. The van der Waals surface area contributed by atoms with Gasteiger partial charge >= 0.3 is 5.97 Å². The number of carbonyl (C=O) groups is 1. The van der Waals surface area contributed by atoms with Crippen molar-refractivity contribution in [3.8, 4) is 0 Å². The summed E-state index contributed by atoms with van der Waals surface area (Å²) in [6.07, 6.45) is 0. The molecule has 2 N–H and O–H groups in total. The second-order valence-electron chi connectivity index (χ2n) is 4.70. The highest BCUT2D eigenvalue weighted by Gasteiger charge is 2.21. The van der Waals surface area contributed by atoms with E-state index in [4.69, 9.17) is 5.11 Å². The number of hydrogen-bond donors (Lipinski definition) is 2. The zero-order valence-electron chi connectivity index (χ0n) is 10.1. The fourth-order valence-electron chi connectivity index (χ4n) is 1.91. The summed E-state index contributed by atoms with van der Waals surface area (Å²) in [7, 11) is 0. The second kappa shape index (κ2) is 5.12. The Balaban J connectivity index is 2.70. The van der Waals surface area contributed by atoms with Gasteiger partial charge in [0.15, 0.2) is 0 Å². The molecule has 0 heterocycles. The third-order valence-corrected chi connectivity index (χ3v) is 2.72. The number of hydrogen-bond acceptors (Lipinski definition) is 2. The maximum Gasteiger partial charge on any atom is 0.317 e. The first-order chi connectivity index (χ1) is 7.43. The van der Waals surface area contributed by atoms with E-state index in [0.717, 1.165) is 0 Å². The van der Waals surface area contributed by atoms with Crippen molar-refractivity contribution < 1.29 is 9.90 Å². The van der Waals surface area contributed by atoms with Crippen LogP contribution >= 0.6 is 0 Å². The average molecular weight is 221 g/mol. The highest BCUT2D eigenvalue weighted by molar-refractivity contribution is 5.69. The Labute approximate surface area is 96.5 Å². The van der Waals surface area contributed by atoms with Crippen molar-refractivity contribution in [2.45, 2.75) is 26.2 Å². The quantitative estimate of drug-likeness (QED) is 0.799. The van der Waals surface area contributed by atoms with Crippen LogP contribution in [0.4, 0.5) is 0 Å². The topological polar surface area (TPSA) is 49.3 Å². The van der Waals surface area contributed by atoms with Gasteiger partial charge in [0.1, 0.15) is 0 Å².